The molecule has 0 saturated heterocycles. The fraction of sp³-hybridized carbons (Fsp3) is 0.345. The van der Waals surface area contributed by atoms with Crippen molar-refractivity contribution in [2.45, 2.75) is 59.0 Å². The predicted molar refractivity (Wildman–Crippen MR) is 130 cm³/mol. The number of aromatic nitrogens is 1. The Balaban J connectivity index is 1.38. The van der Waals surface area contributed by atoms with Crippen LogP contribution < -0.4 is 9.47 Å². The van der Waals surface area contributed by atoms with E-state index in [2.05, 4.69) is 11.1 Å². The van der Waals surface area contributed by atoms with Gasteiger partial charge in [-0.15, -0.1) is 0 Å². The Hall–Kier alpha value is -3.14. The molecule has 0 unspecified atom stereocenters. The number of allylic oxidation sites excluding steroid dienone is 1. The standard InChI is InChI=1S/C29H32FNO2/c1-21-17-28(33-20-24-11-7-4-8-12-24)29(30)22(2)27(21)18-25-13-14-26(19-31-25)32-16-15-23-9-5-3-6-10-23/h4,7-8,11-15,17,19H,3,5-6,9-10,16,18,20H2,1-2H3. The van der Waals surface area contributed by atoms with Gasteiger partial charge >= 0.3 is 0 Å². The SMILES string of the molecule is Cc1cc(OCc2ccccc2)c(F)c(C)c1Cc1ccc(OCC=C2CCCCC2)cn1. The molecule has 1 fully saturated rings. The molecule has 3 nitrogen and oxygen atoms in total. The van der Waals surface area contributed by atoms with Crippen LogP contribution in [0.4, 0.5) is 4.39 Å². The number of rotatable bonds is 8. The van der Waals surface area contributed by atoms with E-state index in [-0.39, 0.29) is 5.82 Å². The Kier molecular flexibility index (Phi) is 7.77. The third-order valence-corrected chi connectivity index (χ3v) is 6.33. The molecule has 0 spiro atoms. The monoisotopic (exact) mass is 445 g/mol. The number of aryl methyl sites for hydroxylation is 1. The van der Waals surface area contributed by atoms with Crippen molar-refractivity contribution in [2.24, 2.45) is 0 Å². The van der Waals surface area contributed by atoms with Gasteiger partial charge in [0.05, 0.1) is 6.20 Å². The number of benzene rings is 2. The average Bonchev–Trinajstić information content (AvgIpc) is 2.85. The molecule has 3 aromatic rings. The van der Waals surface area contributed by atoms with Gasteiger partial charge in [-0.1, -0.05) is 42.3 Å². The summed E-state index contributed by atoms with van der Waals surface area (Å²) in [6, 6.07) is 15.5. The minimum absolute atomic E-state index is 0.293. The van der Waals surface area contributed by atoms with Crippen molar-refractivity contribution in [3.63, 3.8) is 0 Å². The highest BCUT2D eigenvalue weighted by atomic mass is 19.1. The van der Waals surface area contributed by atoms with Crippen LogP contribution in [0.15, 0.2) is 66.4 Å². The number of pyridine rings is 1. The summed E-state index contributed by atoms with van der Waals surface area (Å²) in [7, 11) is 0. The molecule has 1 heterocycles. The molecule has 0 aliphatic heterocycles. The quantitative estimate of drug-likeness (QED) is 0.342. The zero-order chi connectivity index (χ0) is 23.0. The number of hydrogen-bond acceptors (Lipinski definition) is 3. The first-order valence-corrected chi connectivity index (χ1v) is 11.8. The average molecular weight is 446 g/mol. The highest BCUT2D eigenvalue weighted by molar-refractivity contribution is 5.44. The van der Waals surface area contributed by atoms with Crippen LogP contribution in [0.1, 0.15) is 60.1 Å². The molecule has 33 heavy (non-hydrogen) atoms. The zero-order valence-electron chi connectivity index (χ0n) is 19.6. The van der Waals surface area contributed by atoms with Crippen molar-refractivity contribution >= 4 is 0 Å². The van der Waals surface area contributed by atoms with Crippen LogP contribution in [0, 0.1) is 19.7 Å². The van der Waals surface area contributed by atoms with Crippen LogP contribution in [0.25, 0.3) is 0 Å². The fourth-order valence-electron chi connectivity index (χ4n) is 4.32. The first-order chi connectivity index (χ1) is 16.1. The van der Waals surface area contributed by atoms with E-state index in [9.17, 15) is 0 Å². The van der Waals surface area contributed by atoms with Gasteiger partial charge in [0.2, 0.25) is 0 Å². The second-order valence-electron chi connectivity index (χ2n) is 8.78. The molecule has 4 heteroatoms. The van der Waals surface area contributed by atoms with Gasteiger partial charge in [0.1, 0.15) is 19.0 Å². The van der Waals surface area contributed by atoms with E-state index in [0.717, 1.165) is 28.1 Å². The van der Waals surface area contributed by atoms with Crippen LogP contribution in [0.5, 0.6) is 11.5 Å². The summed E-state index contributed by atoms with van der Waals surface area (Å²) in [6.45, 7) is 4.73. The minimum Gasteiger partial charge on any atom is -0.488 e. The van der Waals surface area contributed by atoms with Crippen LogP contribution in [0.3, 0.4) is 0 Å². The zero-order valence-corrected chi connectivity index (χ0v) is 19.6. The minimum atomic E-state index is -0.303. The molecule has 0 amide bonds. The maximum atomic E-state index is 15.0. The summed E-state index contributed by atoms with van der Waals surface area (Å²) >= 11 is 0. The first-order valence-electron chi connectivity index (χ1n) is 11.8. The number of nitrogens with zero attached hydrogens (tertiary/aromatic N) is 1. The van der Waals surface area contributed by atoms with E-state index in [1.165, 1.54) is 37.7 Å². The van der Waals surface area contributed by atoms with Crippen molar-refractivity contribution < 1.29 is 13.9 Å². The van der Waals surface area contributed by atoms with Gasteiger partial charge in [-0.05, 0) is 86.1 Å². The molecule has 172 valence electrons. The second-order valence-corrected chi connectivity index (χ2v) is 8.78. The normalized spacial score (nSPS) is 13.6. The molecule has 0 atom stereocenters. The number of hydrogen-bond donors (Lipinski definition) is 0. The van der Waals surface area contributed by atoms with E-state index in [4.69, 9.17) is 9.47 Å². The lowest BCUT2D eigenvalue weighted by Crippen LogP contribution is -2.05. The summed E-state index contributed by atoms with van der Waals surface area (Å²) in [5.74, 6) is 0.749. The maximum Gasteiger partial charge on any atom is 0.168 e. The lowest BCUT2D eigenvalue weighted by molar-refractivity contribution is 0.289. The molecule has 0 radical (unpaired) electrons. The highest BCUT2D eigenvalue weighted by Crippen LogP contribution is 2.29. The third-order valence-electron chi connectivity index (χ3n) is 6.33. The summed E-state index contributed by atoms with van der Waals surface area (Å²) in [4.78, 5) is 4.55. The van der Waals surface area contributed by atoms with Gasteiger partial charge in [0, 0.05) is 12.1 Å². The summed E-state index contributed by atoms with van der Waals surface area (Å²) in [5, 5.41) is 0. The predicted octanol–water partition coefficient (Wildman–Crippen LogP) is 7.28. The van der Waals surface area contributed by atoms with E-state index in [1.54, 1.807) is 12.3 Å². The topological polar surface area (TPSA) is 31.4 Å². The van der Waals surface area contributed by atoms with Crippen molar-refractivity contribution in [2.75, 3.05) is 6.61 Å². The first kappa shape index (κ1) is 23.0. The second kappa shape index (κ2) is 11.1. The molecular weight excluding hydrogens is 413 g/mol. The van der Waals surface area contributed by atoms with Crippen molar-refractivity contribution in [3.05, 3.63) is 100 Å². The van der Waals surface area contributed by atoms with E-state index in [1.807, 2.05) is 56.3 Å². The Morgan fingerprint density at radius 1 is 0.970 bits per heavy atom. The molecule has 1 aliphatic rings. The highest BCUT2D eigenvalue weighted by Gasteiger charge is 2.15. The Labute approximate surface area is 196 Å². The maximum absolute atomic E-state index is 15.0. The van der Waals surface area contributed by atoms with Gasteiger partial charge < -0.3 is 9.47 Å². The van der Waals surface area contributed by atoms with Gasteiger partial charge in [-0.3, -0.25) is 4.98 Å². The number of halogens is 1. The Morgan fingerprint density at radius 2 is 1.76 bits per heavy atom. The number of ether oxygens (including phenoxy) is 2. The van der Waals surface area contributed by atoms with Gasteiger partial charge in [-0.2, -0.15) is 0 Å². The fourth-order valence-corrected chi connectivity index (χ4v) is 4.32. The molecule has 1 saturated carbocycles. The van der Waals surface area contributed by atoms with Crippen molar-refractivity contribution in [3.8, 4) is 11.5 Å². The Morgan fingerprint density at radius 3 is 2.48 bits per heavy atom. The van der Waals surface area contributed by atoms with Crippen molar-refractivity contribution in [1.29, 1.82) is 0 Å². The lowest BCUT2D eigenvalue weighted by Gasteiger charge is -2.15. The third kappa shape index (κ3) is 6.22. The van der Waals surface area contributed by atoms with Crippen molar-refractivity contribution in [1.82, 2.24) is 4.98 Å². The van der Waals surface area contributed by atoms with Crippen LogP contribution in [0.2, 0.25) is 0 Å². The van der Waals surface area contributed by atoms with Gasteiger partial charge in [0.15, 0.2) is 11.6 Å². The van der Waals surface area contributed by atoms with Gasteiger partial charge in [-0.25, -0.2) is 4.39 Å². The molecular formula is C29H32FNO2. The van der Waals surface area contributed by atoms with Crippen LogP contribution in [-0.4, -0.2) is 11.6 Å². The summed E-state index contributed by atoms with van der Waals surface area (Å²) in [5.41, 5.74) is 5.96. The largest absolute Gasteiger partial charge is 0.488 e. The molecule has 4 rings (SSSR count). The molecule has 0 bridgehead atoms. The molecule has 1 aliphatic carbocycles. The smallest absolute Gasteiger partial charge is 0.168 e. The van der Waals surface area contributed by atoms with Crippen LogP contribution in [-0.2, 0) is 13.0 Å². The lowest BCUT2D eigenvalue weighted by atomic mass is 9.95. The summed E-state index contributed by atoms with van der Waals surface area (Å²) < 4.78 is 26.7. The van der Waals surface area contributed by atoms with E-state index in [0.29, 0.717) is 30.9 Å². The summed E-state index contributed by atoms with van der Waals surface area (Å²) in [6.07, 6.45) is 10.9. The molecule has 1 aromatic heterocycles. The van der Waals surface area contributed by atoms with E-state index >= 15 is 4.39 Å². The van der Waals surface area contributed by atoms with Crippen LogP contribution >= 0.6 is 0 Å². The Bertz CT molecular complexity index is 1080. The molecule has 0 N–H and O–H groups in total. The van der Waals surface area contributed by atoms with E-state index < -0.39 is 0 Å². The van der Waals surface area contributed by atoms with Gasteiger partial charge in [0.25, 0.3) is 0 Å². The molecule has 2 aromatic carbocycles.